The molecule has 0 fully saturated rings. The summed E-state index contributed by atoms with van der Waals surface area (Å²) in [6, 6.07) is 6.96. The zero-order valence-electron chi connectivity index (χ0n) is 24.9. The topological polar surface area (TPSA) is 175 Å². The van der Waals surface area contributed by atoms with Gasteiger partial charge in [0, 0.05) is 15.7 Å². The second-order valence-corrected chi connectivity index (χ2v) is 9.89. The number of benzene rings is 2. The van der Waals surface area contributed by atoms with Crippen molar-refractivity contribution in [1.29, 1.82) is 0 Å². The van der Waals surface area contributed by atoms with E-state index in [4.69, 9.17) is 28.4 Å². The van der Waals surface area contributed by atoms with Crippen LogP contribution in [0.2, 0.25) is 0 Å². The molecule has 0 saturated heterocycles. The standard InChI is InChI=1S/C29H35BrN4O10/c1-6-41-22-10-17(27-26(28(37)40-5)16(3)32-29(38)33-27)8-9-20(22)43-14-24(35)34-31-13-18-11-21(39-4)23(12-19(18)30)44-15-25(36)42-7-2/h8-13,24,27,34-35H,6-7,14-15H2,1-5H3,(H2,32,33,38)/b31-13-/t24-,27+/m0/s1. The second-order valence-electron chi connectivity index (χ2n) is 9.03. The van der Waals surface area contributed by atoms with E-state index in [0.717, 1.165) is 0 Å². The van der Waals surface area contributed by atoms with Gasteiger partial charge in [0.25, 0.3) is 0 Å². The van der Waals surface area contributed by atoms with Gasteiger partial charge in [-0.05, 0) is 66.5 Å². The van der Waals surface area contributed by atoms with Crippen molar-refractivity contribution in [2.24, 2.45) is 5.10 Å². The highest BCUT2D eigenvalue weighted by Gasteiger charge is 2.32. The monoisotopic (exact) mass is 678 g/mol. The maximum Gasteiger partial charge on any atom is 0.344 e. The molecule has 44 heavy (non-hydrogen) atoms. The zero-order valence-corrected chi connectivity index (χ0v) is 26.5. The smallest absolute Gasteiger partial charge is 0.344 e. The highest BCUT2D eigenvalue weighted by atomic mass is 79.9. The number of aliphatic hydroxyl groups excluding tert-OH is 1. The van der Waals surface area contributed by atoms with Crippen LogP contribution in [0.15, 0.2) is 51.2 Å². The summed E-state index contributed by atoms with van der Waals surface area (Å²) in [6.07, 6.45) is 0.251. The summed E-state index contributed by atoms with van der Waals surface area (Å²) in [5, 5.41) is 19.8. The van der Waals surface area contributed by atoms with Crippen molar-refractivity contribution in [2.75, 3.05) is 40.6 Å². The predicted octanol–water partition coefficient (Wildman–Crippen LogP) is 2.92. The van der Waals surface area contributed by atoms with Gasteiger partial charge in [-0.25, -0.2) is 14.4 Å². The third-order valence-corrected chi connectivity index (χ3v) is 6.72. The fraction of sp³-hybridized carbons (Fsp3) is 0.379. The summed E-state index contributed by atoms with van der Waals surface area (Å²) in [7, 11) is 2.72. The SMILES string of the molecule is CCOC(=O)COc1cc(Br)c(/C=N\N[C@@H](O)COc2ccc([C@H]3NC(=O)NC(C)=C3C(=O)OC)cc2OCC)cc1OC. The van der Waals surface area contributed by atoms with E-state index in [0.29, 0.717) is 50.9 Å². The van der Waals surface area contributed by atoms with Crippen LogP contribution >= 0.6 is 15.9 Å². The third kappa shape index (κ3) is 9.00. The van der Waals surface area contributed by atoms with Gasteiger partial charge in [0.1, 0.15) is 6.61 Å². The average molecular weight is 680 g/mol. The molecule has 0 unspecified atom stereocenters. The van der Waals surface area contributed by atoms with Crippen LogP contribution in [0.25, 0.3) is 0 Å². The fourth-order valence-electron chi connectivity index (χ4n) is 4.08. The third-order valence-electron chi connectivity index (χ3n) is 6.03. The molecule has 3 rings (SSSR count). The highest BCUT2D eigenvalue weighted by molar-refractivity contribution is 9.10. The molecule has 1 aliphatic rings. The van der Waals surface area contributed by atoms with Gasteiger partial charge in [0.15, 0.2) is 35.8 Å². The number of halogens is 1. The first-order valence-electron chi connectivity index (χ1n) is 13.5. The lowest BCUT2D eigenvalue weighted by Crippen LogP contribution is -2.45. The Morgan fingerprint density at radius 2 is 1.82 bits per heavy atom. The van der Waals surface area contributed by atoms with Gasteiger partial charge in [-0.15, -0.1) is 0 Å². The maximum atomic E-state index is 12.4. The van der Waals surface area contributed by atoms with Gasteiger partial charge in [-0.2, -0.15) is 5.10 Å². The Hall–Kier alpha value is -4.50. The fourth-order valence-corrected chi connectivity index (χ4v) is 4.50. The number of urea groups is 1. The first kappa shape index (κ1) is 34.0. The molecule has 0 aliphatic carbocycles. The molecule has 238 valence electrons. The van der Waals surface area contributed by atoms with E-state index in [1.54, 1.807) is 51.1 Å². The van der Waals surface area contributed by atoms with Crippen LogP contribution in [0, 0.1) is 0 Å². The van der Waals surface area contributed by atoms with Crippen molar-refractivity contribution in [2.45, 2.75) is 33.0 Å². The van der Waals surface area contributed by atoms with Crippen LogP contribution in [-0.4, -0.2) is 76.2 Å². The molecule has 2 aromatic carbocycles. The van der Waals surface area contributed by atoms with Gasteiger partial charge < -0.3 is 44.2 Å². The minimum atomic E-state index is -1.20. The molecule has 2 amide bonds. The zero-order chi connectivity index (χ0) is 32.2. The highest BCUT2D eigenvalue weighted by Crippen LogP contribution is 2.35. The summed E-state index contributed by atoms with van der Waals surface area (Å²) >= 11 is 3.43. The van der Waals surface area contributed by atoms with E-state index in [9.17, 15) is 19.5 Å². The van der Waals surface area contributed by atoms with Gasteiger partial charge in [-0.1, -0.05) is 6.07 Å². The molecular formula is C29H35BrN4O10. The Kier molecular flexibility index (Phi) is 12.7. The minimum absolute atomic E-state index is 0.196. The van der Waals surface area contributed by atoms with Crippen LogP contribution in [0.1, 0.15) is 37.9 Å². The van der Waals surface area contributed by atoms with Crippen LogP contribution in [0.5, 0.6) is 23.0 Å². The van der Waals surface area contributed by atoms with E-state index in [2.05, 4.69) is 37.1 Å². The molecule has 4 N–H and O–H groups in total. The number of carbonyl (C=O) groups is 3. The number of amides is 2. The molecule has 14 nitrogen and oxygen atoms in total. The number of nitrogens with zero attached hydrogens (tertiary/aromatic N) is 1. The first-order chi connectivity index (χ1) is 21.1. The van der Waals surface area contributed by atoms with Gasteiger partial charge in [0.05, 0.1) is 45.3 Å². The number of ether oxygens (including phenoxy) is 6. The number of hydrazone groups is 1. The molecule has 15 heteroatoms. The largest absolute Gasteiger partial charge is 0.493 e. The molecule has 0 aromatic heterocycles. The Morgan fingerprint density at radius 3 is 2.50 bits per heavy atom. The number of nitrogens with one attached hydrogen (secondary N) is 3. The van der Waals surface area contributed by atoms with Crippen molar-refractivity contribution in [3.8, 4) is 23.0 Å². The molecule has 1 aliphatic heterocycles. The van der Waals surface area contributed by atoms with E-state index in [1.807, 2.05) is 0 Å². The van der Waals surface area contributed by atoms with Crippen molar-refractivity contribution in [1.82, 2.24) is 16.1 Å². The lowest BCUT2D eigenvalue weighted by atomic mass is 9.95. The number of methoxy groups -OCH3 is 2. The van der Waals surface area contributed by atoms with Gasteiger partial charge in [0.2, 0.25) is 0 Å². The van der Waals surface area contributed by atoms with Gasteiger partial charge >= 0.3 is 18.0 Å². The normalized spacial score (nSPS) is 15.2. The Labute approximate surface area is 262 Å². The Bertz CT molecular complexity index is 1410. The lowest BCUT2D eigenvalue weighted by Gasteiger charge is -2.28. The number of rotatable bonds is 15. The number of esters is 2. The van der Waals surface area contributed by atoms with Crippen molar-refractivity contribution in [3.63, 3.8) is 0 Å². The summed E-state index contributed by atoms with van der Waals surface area (Å²) < 4.78 is 32.7. The second kappa shape index (κ2) is 16.4. The van der Waals surface area contributed by atoms with E-state index >= 15 is 0 Å². The molecular weight excluding hydrogens is 644 g/mol. The Morgan fingerprint density at radius 1 is 1.07 bits per heavy atom. The van der Waals surface area contributed by atoms with Crippen LogP contribution in [0.3, 0.4) is 0 Å². The first-order valence-corrected chi connectivity index (χ1v) is 14.3. The summed E-state index contributed by atoms with van der Waals surface area (Å²) in [4.78, 5) is 36.2. The maximum absolute atomic E-state index is 12.4. The summed E-state index contributed by atoms with van der Waals surface area (Å²) in [5.74, 6) is 0.275. The predicted molar refractivity (Wildman–Crippen MR) is 162 cm³/mol. The van der Waals surface area contributed by atoms with Crippen LogP contribution < -0.4 is 35.0 Å². The number of carbonyl (C=O) groups excluding carboxylic acids is 3. The molecule has 1 heterocycles. The molecule has 0 saturated carbocycles. The number of aliphatic hydroxyl groups is 1. The molecule has 0 bridgehead atoms. The lowest BCUT2D eigenvalue weighted by molar-refractivity contribution is -0.145. The van der Waals surface area contributed by atoms with E-state index in [1.165, 1.54) is 20.4 Å². The van der Waals surface area contributed by atoms with E-state index < -0.39 is 30.2 Å². The number of allylic oxidation sites excluding steroid dienone is 1. The number of hydrogen-bond acceptors (Lipinski definition) is 12. The van der Waals surface area contributed by atoms with Crippen molar-refractivity contribution < 1.29 is 47.9 Å². The van der Waals surface area contributed by atoms with Crippen molar-refractivity contribution in [3.05, 3.63) is 57.2 Å². The molecule has 2 aromatic rings. The summed E-state index contributed by atoms with van der Waals surface area (Å²) in [6.45, 7) is 5.21. The van der Waals surface area contributed by atoms with Crippen LogP contribution in [-0.2, 0) is 19.1 Å². The number of hydrogen-bond donors (Lipinski definition) is 4. The molecule has 0 spiro atoms. The molecule has 0 radical (unpaired) electrons. The van der Waals surface area contributed by atoms with Crippen LogP contribution in [0.4, 0.5) is 4.79 Å². The quantitative estimate of drug-likeness (QED) is 0.0943. The average Bonchev–Trinajstić information content (AvgIpc) is 2.99. The van der Waals surface area contributed by atoms with Crippen molar-refractivity contribution >= 4 is 40.1 Å². The van der Waals surface area contributed by atoms with Gasteiger partial charge in [-0.3, -0.25) is 5.43 Å². The molecule has 2 atom stereocenters. The minimum Gasteiger partial charge on any atom is -0.493 e. The Balaban J connectivity index is 1.66. The van der Waals surface area contributed by atoms with E-state index in [-0.39, 0.29) is 25.4 Å². The summed E-state index contributed by atoms with van der Waals surface area (Å²) in [5.41, 5.74) is 4.37.